The first-order chi connectivity index (χ1) is 6.98. The Balaban J connectivity index is 1.83. The van der Waals surface area contributed by atoms with E-state index in [2.05, 4.69) is 37.5 Å². The third-order valence-electron chi connectivity index (χ3n) is 4.13. The molecule has 0 aromatic carbocycles. The largest absolute Gasteiger partial charge is 0.295 e. The molecule has 0 aromatic heterocycles. The molecule has 0 spiro atoms. The number of nitrogens with zero attached hydrogens (tertiary/aromatic N) is 2. The van der Waals surface area contributed by atoms with Crippen molar-refractivity contribution in [3.63, 3.8) is 0 Å². The Hall–Kier alpha value is -0.0800. The van der Waals surface area contributed by atoms with Crippen LogP contribution in [0.2, 0.25) is 0 Å². The molecule has 2 nitrogen and oxygen atoms in total. The fourth-order valence-corrected chi connectivity index (χ4v) is 2.88. The molecule has 0 N–H and O–H groups in total. The van der Waals surface area contributed by atoms with Crippen LogP contribution in [-0.2, 0) is 0 Å². The van der Waals surface area contributed by atoms with E-state index >= 15 is 0 Å². The van der Waals surface area contributed by atoms with Crippen molar-refractivity contribution in [2.24, 2.45) is 0 Å². The summed E-state index contributed by atoms with van der Waals surface area (Å²) in [4.78, 5) is 5.34. The summed E-state index contributed by atoms with van der Waals surface area (Å²) < 4.78 is 0. The highest BCUT2D eigenvalue weighted by molar-refractivity contribution is 4.96. The molecule has 2 saturated heterocycles. The Morgan fingerprint density at radius 3 is 2.27 bits per heavy atom. The normalized spacial score (nSPS) is 31.6. The lowest BCUT2D eigenvalue weighted by atomic mass is 9.93. The molecule has 2 aliphatic rings. The standard InChI is InChI=1S/C13H26N2/c1-11-7-5-6-8-15(11)12-9-14(10-12)13(2,3)4/h11-12H,5-10H2,1-4H3. The van der Waals surface area contributed by atoms with Crippen molar-refractivity contribution in [1.29, 1.82) is 0 Å². The quantitative estimate of drug-likeness (QED) is 0.655. The maximum Gasteiger partial charge on any atom is 0.0353 e. The fraction of sp³-hybridized carbons (Fsp3) is 1.00. The molecule has 2 rings (SSSR count). The van der Waals surface area contributed by atoms with Crippen molar-refractivity contribution >= 4 is 0 Å². The van der Waals surface area contributed by atoms with Crippen molar-refractivity contribution in [2.75, 3.05) is 19.6 Å². The van der Waals surface area contributed by atoms with Gasteiger partial charge in [-0.15, -0.1) is 0 Å². The summed E-state index contributed by atoms with van der Waals surface area (Å²) in [6.07, 6.45) is 4.26. The molecule has 1 atom stereocenters. The number of hydrogen-bond donors (Lipinski definition) is 0. The molecule has 0 aliphatic carbocycles. The van der Waals surface area contributed by atoms with Crippen molar-refractivity contribution in [3.05, 3.63) is 0 Å². The first-order valence-electron chi connectivity index (χ1n) is 6.49. The van der Waals surface area contributed by atoms with Gasteiger partial charge in [0.15, 0.2) is 0 Å². The summed E-state index contributed by atoms with van der Waals surface area (Å²) in [7, 11) is 0. The van der Waals surface area contributed by atoms with Crippen LogP contribution in [0.5, 0.6) is 0 Å². The highest BCUT2D eigenvalue weighted by Gasteiger charge is 2.39. The first kappa shape index (κ1) is 11.4. The molecule has 0 saturated carbocycles. The zero-order chi connectivity index (χ0) is 11.1. The average Bonchev–Trinajstić information content (AvgIpc) is 2.03. The van der Waals surface area contributed by atoms with Gasteiger partial charge in [-0.25, -0.2) is 0 Å². The zero-order valence-corrected chi connectivity index (χ0v) is 10.8. The molecule has 88 valence electrons. The molecule has 0 bridgehead atoms. The molecule has 0 aromatic rings. The predicted molar refractivity (Wildman–Crippen MR) is 65.1 cm³/mol. The summed E-state index contributed by atoms with van der Waals surface area (Å²) in [5.41, 5.74) is 0.371. The van der Waals surface area contributed by atoms with Crippen LogP contribution in [0.3, 0.4) is 0 Å². The summed E-state index contributed by atoms with van der Waals surface area (Å²) in [5.74, 6) is 0. The molecule has 2 aliphatic heterocycles. The van der Waals surface area contributed by atoms with Gasteiger partial charge in [-0.2, -0.15) is 0 Å². The first-order valence-corrected chi connectivity index (χ1v) is 6.49. The minimum absolute atomic E-state index is 0.371. The van der Waals surface area contributed by atoms with Crippen molar-refractivity contribution in [3.8, 4) is 0 Å². The molecule has 2 fully saturated rings. The van der Waals surface area contributed by atoms with Crippen LogP contribution in [-0.4, -0.2) is 47.1 Å². The summed E-state index contributed by atoms with van der Waals surface area (Å²) in [6, 6.07) is 1.67. The van der Waals surface area contributed by atoms with Gasteiger partial charge in [-0.05, 0) is 47.1 Å². The van der Waals surface area contributed by atoms with Crippen LogP contribution in [0.1, 0.15) is 47.0 Å². The Labute approximate surface area is 94.6 Å². The van der Waals surface area contributed by atoms with Gasteiger partial charge in [-0.1, -0.05) is 6.42 Å². The molecular weight excluding hydrogens is 184 g/mol. The van der Waals surface area contributed by atoms with E-state index in [1.807, 2.05) is 0 Å². The van der Waals surface area contributed by atoms with E-state index in [1.54, 1.807) is 0 Å². The minimum Gasteiger partial charge on any atom is -0.295 e. The summed E-state index contributed by atoms with van der Waals surface area (Å²) in [5, 5.41) is 0. The van der Waals surface area contributed by atoms with E-state index in [0.29, 0.717) is 5.54 Å². The topological polar surface area (TPSA) is 6.48 Å². The van der Waals surface area contributed by atoms with E-state index in [1.165, 1.54) is 38.9 Å². The lowest BCUT2D eigenvalue weighted by Crippen LogP contribution is -2.66. The molecular formula is C13H26N2. The smallest absolute Gasteiger partial charge is 0.0353 e. The van der Waals surface area contributed by atoms with E-state index < -0.39 is 0 Å². The van der Waals surface area contributed by atoms with E-state index in [0.717, 1.165) is 12.1 Å². The van der Waals surface area contributed by atoms with Crippen LogP contribution < -0.4 is 0 Å². The van der Waals surface area contributed by atoms with Crippen molar-refractivity contribution in [2.45, 2.75) is 64.6 Å². The van der Waals surface area contributed by atoms with Gasteiger partial charge in [0.25, 0.3) is 0 Å². The van der Waals surface area contributed by atoms with Gasteiger partial charge < -0.3 is 0 Å². The minimum atomic E-state index is 0.371. The molecule has 0 radical (unpaired) electrons. The van der Waals surface area contributed by atoms with Gasteiger partial charge in [0.05, 0.1) is 0 Å². The van der Waals surface area contributed by atoms with Gasteiger partial charge >= 0.3 is 0 Å². The van der Waals surface area contributed by atoms with Gasteiger partial charge in [0.1, 0.15) is 0 Å². The van der Waals surface area contributed by atoms with Crippen LogP contribution in [0.15, 0.2) is 0 Å². The summed E-state index contributed by atoms with van der Waals surface area (Å²) in [6.45, 7) is 13.3. The van der Waals surface area contributed by atoms with E-state index in [9.17, 15) is 0 Å². The van der Waals surface area contributed by atoms with E-state index in [-0.39, 0.29) is 0 Å². The number of hydrogen-bond acceptors (Lipinski definition) is 2. The molecule has 0 amide bonds. The molecule has 2 heterocycles. The lowest BCUT2D eigenvalue weighted by Gasteiger charge is -2.53. The molecule has 2 heteroatoms. The number of piperidine rings is 1. The Kier molecular flexibility index (Phi) is 3.09. The Morgan fingerprint density at radius 1 is 1.07 bits per heavy atom. The highest BCUT2D eigenvalue weighted by Crippen LogP contribution is 2.28. The van der Waals surface area contributed by atoms with Crippen LogP contribution >= 0.6 is 0 Å². The van der Waals surface area contributed by atoms with Gasteiger partial charge in [-0.3, -0.25) is 9.80 Å². The van der Waals surface area contributed by atoms with E-state index in [4.69, 9.17) is 0 Å². The average molecular weight is 210 g/mol. The van der Waals surface area contributed by atoms with Crippen LogP contribution in [0.4, 0.5) is 0 Å². The summed E-state index contributed by atoms with van der Waals surface area (Å²) >= 11 is 0. The Bertz CT molecular complexity index is 213. The number of rotatable bonds is 1. The maximum atomic E-state index is 2.74. The van der Waals surface area contributed by atoms with Crippen molar-refractivity contribution in [1.82, 2.24) is 9.80 Å². The highest BCUT2D eigenvalue weighted by atomic mass is 15.3. The SMILES string of the molecule is CC1CCCCN1C1CN(C(C)(C)C)C1. The second-order valence-corrected chi connectivity index (χ2v) is 6.31. The van der Waals surface area contributed by atoms with Gasteiger partial charge in [0.2, 0.25) is 0 Å². The third-order valence-corrected chi connectivity index (χ3v) is 4.13. The maximum absolute atomic E-state index is 2.74. The van der Waals surface area contributed by atoms with Crippen molar-refractivity contribution < 1.29 is 0 Å². The van der Waals surface area contributed by atoms with Gasteiger partial charge in [0, 0.05) is 30.7 Å². The molecule has 1 unspecified atom stereocenters. The monoisotopic (exact) mass is 210 g/mol. The lowest BCUT2D eigenvalue weighted by molar-refractivity contribution is -0.0446. The Morgan fingerprint density at radius 2 is 1.73 bits per heavy atom. The number of likely N-dealkylation sites (tertiary alicyclic amines) is 2. The predicted octanol–water partition coefficient (Wildman–Crippen LogP) is 2.34. The van der Waals surface area contributed by atoms with Crippen LogP contribution in [0, 0.1) is 0 Å². The second-order valence-electron chi connectivity index (χ2n) is 6.31. The second kappa shape index (κ2) is 4.06. The zero-order valence-electron chi connectivity index (χ0n) is 10.8. The van der Waals surface area contributed by atoms with Crippen LogP contribution in [0.25, 0.3) is 0 Å². The fourth-order valence-electron chi connectivity index (χ4n) is 2.88. The third kappa shape index (κ3) is 2.36. The molecule has 15 heavy (non-hydrogen) atoms.